The van der Waals surface area contributed by atoms with Crippen molar-refractivity contribution >= 4 is 15.7 Å². The van der Waals surface area contributed by atoms with Gasteiger partial charge in [0, 0.05) is 18.9 Å². The summed E-state index contributed by atoms with van der Waals surface area (Å²) >= 11 is 0. The van der Waals surface area contributed by atoms with Gasteiger partial charge >= 0.3 is 0 Å². The molecule has 0 saturated heterocycles. The maximum atomic E-state index is 12.4. The number of benzene rings is 1. The van der Waals surface area contributed by atoms with Gasteiger partial charge in [-0.05, 0) is 56.2 Å². The molecular weight excluding hydrogens is 314 g/mol. The predicted molar refractivity (Wildman–Crippen MR) is 89.6 cm³/mol. The standard InChI is InChI=1S/C16H21N3O3S/c1-11(2)22-16-5-4-15(6-12(16)3)23(20,21)19-9-13-7-14(17)10-18-8-13/h4-8,10-11,19H,9,17H2,1-3H3. The van der Waals surface area contributed by atoms with Crippen molar-refractivity contribution in [1.82, 2.24) is 9.71 Å². The minimum absolute atomic E-state index is 0.0327. The van der Waals surface area contributed by atoms with E-state index < -0.39 is 10.0 Å². The minimum Gasteiger partial charge on any atom is -0.491 e. The molecule has 7 heteroatoms. The summed E-state index contributed by atoms with van der Waals surface area (Å²) in [4.78, 5) is 4.13. The fourth-order valence-electron chi connectivity index (χ4n) is 2.04. The molecule has 0 unspecified atom stereocenters. The van der Waals surface area contributed by atoms with Crippen LogP contribution in [-0.2, 0) is 16.6 Å². The molecule has 0 saturated carbocycles. The topological polar surface area (TPSA) is 94.3 Å². The van der Waals surface area contributed by atoms with Crippen LogP contribution in [0.25, 0.3) is 0 Å². The van der Waals surface area contributed by atoms with Crippen LogP contribution in [0, 0.1) is 6.92 Å². The van der Waals surface area contributed by atoms with Crippen LogP contribution in [-0.4, -0.2) is 19.5 Å². The number of hydrogen-bond acceptors (Lipinski definition) is 5. The van der Waals surface area contributed by atoms with Crippen molar-refractivity contribution < 1.29 is 13.2 Å². The largest absolute Gasteiger partial charge is 0.491 e. The summed E-state index contributed by atoms with van der Waals surface area (Å²) in [5.74, 6) is 0.680. The van der Waals surface area contributed by atoms with Crippen LogP contribution >= 0.6 is 0 Å². The number of ether oxygens (including phenoxy) is 1. The molecule has 0 atom stereocenters. The number of nitrogens with zero attached hydrogens (tertiary/aromatic N) is 1. The summed E-state index contributed by atoms with van der Waals surface area (Å²) < 4.78 is 32.9. The predicted octanol–water partition coefficient (Wildman–Crippen LogP) is 2.24. The normalized spacial score (nSPS) is 11.7. The van der Waals surface area contributed by atoms with Crippen molar-refractivity contribution in [3.63, 3.8) is 0 Å². The van der Waals surface area contributed by atoms with E-state index in [2.05, 4.69) is 9.71 Å². The van der Waals surface area contributed by atoms with Crippen molar-refractivity contribution in [2.24, 2.45) is 0 Å². The Morgan fingerprint density at radius 3 is 2.61 bits per heavy atom. The van der Waals surface area contributed by atoms with E-state index in [1.54, 1.807) is 24.4 Å². The SMILES string of the molecule is Cc1cc(S(=O)(=O)NCc2cncc(N)c2)ccc1OC(C)C. The van der Waals surface area contributed by atoms with Crippen molar-refractivity contribution in [3.8, 4) is 5.75 Å². The third-order valence-electron chi connectivity index (χ3n) is 3.10. The lowest BCUT2D eigenvalue weighted by atomic mass is 10.2. The molecule has 0 aliphatic rings. The van der Waals surface area contributed by atoms with Crippen molar-refractivity contribution in [2.45, 2.75) is 38.3 Å². The van der Waals surface area contributed by atoms with Crippen LogP contribution in [0.1, 0.15) is 25.0 Å². The Labute approximate surface area is 136 Å². The smallest absolute Gasteiger partial charge is 0.240 e. The Morgan fingerprint density at radius 1 is 1.26 bits per heavy atom. The van der Waals surface area contributed by atoms with Gasteiger partial charge < -0.3 is 10.5 Å². The number of aromatic nitrogens is 1. The molecule has 0 bridgehead atoms. The Hall–Kier alpha value is -2.12. The fourth-order valence-corrected chi connectivity index (χ4v) is 3.14. The first kappa shape index (κ1) is 17.2. The average molecular weight is 335 g/mol. The molecule has 23 heavy (non-hydrogen) atoms. The van der Waals surface area contributed by atoms with E-state index in [4.69, 9.17) is 10.5 Å². The first-order chi connectivity index (χ1) is 10.8. The molecule has 1 aromatic carbocycles. The second-order valence-corrected chi connectivity index (χ2v) is 7.31. The van der Waals surface area contributed by atoms with Crippen LogP contribution in [0.4, 0.5) is 5.69 Å². The number of sulfonamides is 1. The summed E-state index contributed by atoms with van der Waals surface area (Å²) in [7, 11) is -3.61. The highest BCUT2D eigenvalue weighted by Crippen LogP contribution is 2.23. The van der Waals surface area contributed by atoms with Crippen molar-refractivity contribution in [2.75, 3.05) is 5.73 Å². The molecule has 3 N–H and O–H groups in total. The molecule has 0 spiro atoms. The number of nitrogens with two attached hydrogens (primary N) is 1. The molecule has 1 aromatic heterocycles. The Bertz CT molecular complexity index is 789. The maximum absolute atomic E-state index is 12.4. The first-order valence-corrected chi connectivity index (χ1v) is 8.72. The second kappa shape index (κ2) is 6.97. The zero-order valence-corrected chi connectivity index (χ0v) is 14.2. The van der Waals surface area contributed by atoms with Gasteiger partial charge in [-0.3, -0.25) is 4.98 Å². The lowest BCUT2D eigenvalue weighted by Gasteiger charge is -2.14. The number of aryl methyl sites for hydroxylation is 1. The third-order valence-corrected chi connectivity index (χ3v) is 4.50. The van der Waals surface area contributed by atoms with Crippen molar-refractivity contribution in [1.29, 1.82) is 0 Å². The van der Waals surface area contributed by atoms with E-state index >= 15 is 0 Å². The number of anilines is 1. The Kier molecular flexibility index (Phi) is 5.23. The van der Waals surface area contributed by atoms with Gasteiger partial charge in [0.15, 0.2) is 0 Å². The highest BCUT2D eigenvalue weighted by molar-refractivity contribution is 7.89. The number of nitrogens with one attached hydrogen (secondary N) is 1. The lowest BCUT2D eigenvalue weighted by molar-refractivity contribution is 0.240. The van der Waals surface area contributed by atoms with Gasteiger partial charge in [-0.1, -0.05) is 0 Å². The van der Waals surface area contributed by atoms with E-state index in [9.17, 15) is 8.42 Å². The van der Waals surface area contributed by atoms with Gasteiger partial charge in [0.1, 0.15) is 5.75 Å². The van der Waals surface area contributed by atoms with E-state index in [1.807, 2.05) is 20.8 Å². The van der Waals surface area contributed by atoms with Gasteiger partial charge in [-0.25, -0.2) is 13.1 Å². The number of nitrogen functional groups attached to an aromatic ring is 1. The molecule has 1 heterocycles. The summed E-state index contributed by atoms with van der Waals surface area (Å²) in [6.45, 7) is 5.79. The highest BCUT2D eigenvalue weighted by Gasteiger charge is 2.15. The van der Waals surface area contributed by atoms with Gasteiger partial charge in [-0.2, -0.15) is 0 Å². The minimum atomic E-state index is -3.61. The zero-order chi connectivity index (χ0) is 17.0. The van der Waals surface area contributed by atoms with Crippen molar-refractivity contribution in [3.05, 3.63) is 47.8 Å². The van der Waals surface area contributed by atoms with Gasteiger partial charge in [-0.15, -0.1) is 0 Å². The quantitative estimate of drug-likeness (QED) is 0.844. The van der Waals surface area contributed by atoms with Crippen LogP contribution in [0.3, 0.4) is 0 Å². The molecule has 2 aromatic rings. The molecule has 0 aliphatic heterocycles. The van der Waals surface area contributed by atoms with Crippen LogP contribution in [0.5, 0.6) is 5.75 Å². The van der Waals surface area contributed by atoms with Crippen LogP contribution in [0.15, 0.2) is 41.6 Å². The lowest BCUT2D eigenvalue weighted by Crippen LogP contribution is -2.23. The number of hydrogen-bond donors (Lipinski definition) is 2. The highest BCUT2D eigenvalue weighted by atomic mass is 32.2. The van der Waals surface area contributed by atoms with E-state index in [0.29, 0.717) is 17.0 Å². The molecule has 0 radical (unpaired) electrons. The fraction of sp³-hybridized carbons (Fsp3) is 0.312. The third kappa shape index (κ3) is 4.67. The Morgan fingerprint density at radius 2 is 2.00 bits per heavy atom. The van der Waals surface area contributed by atoms with Crippen LogP contribution in [0.2, 0.25) is 0 Å². The summed E-state index contributed by atoms with van der Waals surface area (Å²) in [6.07, 6.45) is 3.11. The molecule has 124 valence electrons. The monoisotopic (exact) mass is 335 g/mol. The molecule has 6 nitrogen and oxygen atoms in total. The summed E-state index contributed by atoms with van der Waals surface area (Å²) in [5, 5.41) is 0. The molecule has 2 rings (SSSR count). The van der Waals surface area contributed by atoms with E-state index in [-0.39, 0.29) is 17.5 Å². The Balaban J connectivity index is 2.14. The summed E-state index contributed by atoms with van der Waals surface area (Å²) in [5.41, 5.74) is 7.59. The average Bonchev–Trinajstić information content (AvgIpc) is 2.47. The molecule has 0 aliphatic carbocycles. The van der Waals surface area contributed by atoms with Crippen LogP contribution < -0.4 is 15.2 Å². The molecular formula is C16H21N3O3S. The number of pyridine rings is 1. The van der Waals surface area contributed by atoms with Gasteiger partial charge in [0.05, 0.1) is 16.7 Å². The van der Waals surface area contributed by atoms with Gasteiger partial charge in [0.25, 0.3) is 0 Å². The first-order valence-electron chi connectivity index (χ1n) is 7.24. The molecule has 0 amide bonds. The molecule has 0 fully saturated rings. The van der Waals surface area contributed by atoms with E-state index in [0.717, 1.165) is 5.56 Å². The number of rotatable bonds is 6. The maximum Gasteiger partial charge on any atom is 0.240 e. The second-order valence-electron chi connectivity index (χ2n) is 5.54. The van der Waals surface area contributed by atoms with E-state index in [1.165, 1.54) is 12.3 Å². The zero-order valence-electron chi connectivity index (χ0n) is 13.4. The van der Waals surface area contributed by atoms with Gasteiger partial charge in [0.2, 0.25) is 10.0 Å². The summed E-state index contributed by atoms with van der Waals surface area (Å²) in [6, 6.07) is 6.48.